The molecule has 0 heterocycles. The Kier molecular flexibility index (Phi) is 15.3. The van der Waals surface area contributed by atoms with Gasteiger partial charge >= 0.3 is 0 Å². The van der Waals surface area contributed by atoms with E-state index >= 15 is 0 Å². The van der Waals surface area contributed by atoms with Crippen LogP contribution in [0.4, 0.5) is 0 Å². The molecule has 144 valence electrons. The number of rotatable bonds is 17. The first-order chi connectivity index (χ1) is 12.4. The Morgan fingerprint density at radius 2 is 0.960 bits per heavy atom. The van der Waals surface area contributed by atoms with Crippen molar-refractivity contribution in [1.82, 2.24) is 0 Å². The predicted molar refractivity (Wildman–Crippen MR) is 115 cm³/mol. The van der Waals surface area contributed by atoms with Gasteiger partial charge in [0.05, 0.1) is 0 Å². The summed E-state index contributed by atoms with van der Waals surface area (Å²) in [4.78, 5) is 0. The number of hydrogen-bond donors (Lipinski definition) is 0. The number of halogens is 1. The first-order valence-corrected chi connectivity index (χ1v) is 11.5. The van der Waals surface area contributed by atoms with Crippen molar-refractivity contribution < 1.29 is 0 Å². The summed E-state index contributed by atoms with van der Waals surface area (Å²) in [5.74, 6) is 0.732. The highest BCUT2D eigenvalue weighted by Crippen LogP contribution is 2.16. The van der Waals surface area contributed by atoms with Crippen LogP contribution in [-0.2, 0) is 12.8 Å². The molecule has 0 fully saturated rings. The molecule has 0 radical (unpaired) electrons. The molecular weight excluding hydrogens is 324 g/mol. The van der Waals surface area contributed by atoms with Gasteiger partial charge in [-0.2, -0.15) is 0 Å². The summed E-state index contributed by atoms with van der Waals surface area (Å²) in [6.07, 6.45) is 22.2. The first kappa shape index (κ1) is 22.6. The lowest BCUT2D eigenvalue weighted by atomic mass is 9.99. The second-order valence-electron chi connectivity index (χ2n) is 7.55. The van der Waals surface area contributed by atoms with Crippen LogP contribution in [0.3, 0.4) is 0 Å². The van der Waals surface area contributed by atoms with Gasteiger partial charge in [-0.25, -0.2) is 0 Å². The molecule has 1 rings (SSSR count). The zero-order chi connectivity index (χ0) is 18.0. The van der Waals surface area contributed by atoms with Crippen LogP contribution in [0.25, 0.3) is 0 Å². The van der Waals surface area contributed by atoms with Crippen LogP contribution < -0.4 is 0 Å². The van der Waals surface area contributed by atoms with Crippen molar-refractivity contribution in [3.8, 4) is 0 Å². The summed E-state index contributed by atoms with van der Waals surface area (Å²) in [7, 11) is 0. The van der Waals surface area contributed by atoms with Gasteiger partial charge in [-0.3, -0.25) is 0 Å². The molecule has 0 aliphatic rings. The first-order valence-electron chi connectivity index (χ1n) is 11.0. The zero-order valence-corrected chi connectivity index (χ0v) is 17.5. The molecule has 0 aliphatic heterocycles. The van der Waals surface area contributed by atoms with Crippen LogP contribution in [0.2, 0.25) is 0 Å². The minimum Gasteiger partial charge on any atom is -0.126 e. The maximum absolute atomic E-state index is 5.90. The van der Waals surface area contributed by atoms with E-state index in [2.05, 4.69) is 31.2 Å². The van der Waals surface area contributed by atoms with Gasteiger partial charge in [0.1, 0.15) is 0 Å². The van der Waals surface area contributed by atoms with Crippen molar-refractivity contribution in [2.24, 2.45) is 0 Å². The van der Waals surface area contributed by atoms with Crippen LogP contribution in [0, 0.1) is 0 Å². The Morgan fingerprint density at radius 1 is 0.560 bits per heavy atom. The van der Waals surface area contributed by atoms with Gasteiger partial charge in [0, 0.05) is 5.88 Å². The van der Waals surface area contributed by atoms with Crippen molar-refractivity contribution in [3.05, 3.63) is 35.4 Å². The van der Waals surface area contributed by atoms with E-state index in [1.54, 1.807) is 0 Å². The third-order valence-electron chi connectivity index (χ3n) is 5.28. The number of unbranched alkanes of at least 4 members (excludes halogenated alkanes) is 13. The van der Waals surface area contributed by atoms with Crippen molar-refractivity contribution in [1.29, 1.82) is 0 Å². The average Bonchev–Trinajstić information content (AvgIpc) is 2.63. The molecule has 0 saturated carbocycles. The van der Waals surface area contributed by atoms with Gasteiger partial charge in [-0.05, 0) is 30.4 Å². The lowest BCUT2D eigenvalue weighted by Gasteiger charge is -2.08. The Labute approximate surface area is 162 Å². The smallest absolute Gasteiger partial charge is 0.0264 e. The molecule has 1 aromatic carbocycles. The highest BCUT2D eigenvalue weighted by Gasteiger charge is 2.01. The largest absolute Gasteiger partial charge is 0.126 e. The molecule has 0 amide bonds. The third-order valence-corrected chi connectivity index (χ3v) is 5.47. The molecule has 0 saturated heterocycles. The summed E-state index contributed by atoms with van der Waals surface area (Å²) in [5, 5.41) is 0. The molecule has 0 N–H and O–H groups in total. The average molecular weight is 365 g/mol. The van der Waals surface area contributed by atoms with E-state index in [9.17, 15) is 0 Å². The third kappa shape index (κ3) is 12.5. The molecule has 0 unspecified atom stereocenters. The maximum Gasteiger partial charge on any atom is 0.0264 e. The Balaban J connectivity index is 1.88. The number of alkyl halides is 1. The molecule has 0 nitrogen and oxygen atoms in total. The Hall–Kier alpha value is -0.490. The number of benzene rings is 1. The van der Waals surface area contributed by atoms with Crippen molar-refractivity contribution in [2.75, 3.05) is 5.88 Å². The van der Waals surface area contributed by atoms with Crippen molar-refractivity contribution in [2.45, 2.75) is 110 Å². The molecule has 0 aliphatic carbocycles. The summed E-state index contributed by atoms with van der Waals surface area (Å²) in [5.41, 5.74) is 2.97. The molecule has 1 aromatic rings. The molecule has 0 bridgehead atoms. The quantitative estimate of drug-likeness (QED) is 0.192. The van der Waals surface area contributed by atoms with Crippen LogP contribution in [0.5, 0.6) is 0 Å². The SMILES string of the molecule is CCCCCCCCCCCCCCCCc1ccccc1CCCl. The lowest BCUT2D eigenvalue weighted by molar-refractivity contribution is 0.535. The molecule has 1 heteroatoms. The highest BCUT2D eigenvalue weighted by molar-refractivity contribution is 6.18. The van der Waals surface area contributed by atoms with E-state index in [1.165, 1.54) is 107 Å². The fourth-order valence-electron chi connectivity index (χ4n) is 3.66. The van der Waals surface area contributed by atoms with E-state index in [-0.39, 0.29) is 0 Å². The van der Waals surface area contributed by atoms with Crippen molar-refractivity contribution in [3.63, 3.8) is 0 Å². The van der Waals surface area contributed by atoms with Crippen LogP contribution in [-0.4, -0.2) is 5.88 Å². The summed E-state index contributed by atoms with van der Waals surface area (Å²) in [6, 6.07) is 8.82. The summed E-state index contributed by atoms with van der Waals surface area (Å²) in [6.45, 7) is 2.29. The topological polar surface area (TPSA) is 0 Å². The highest BCUT2D eigenvalue weighted by atomic mass is 35.5. The molecule has 0 spiro atoms. The van der Waals surface area contributed by atoms with Gasteiger partial charge in [0.25, 0.3) is 0 Å². The van der Waals surface area contributed by atoms with E-state index in [4.69, 9.17) is 11.6 Å². The van der Waals surface area contributed by atoms with Gasteiger partial charge in [-0.1, -0.05) is 115 Å². The van der Waals surface area contributed by atoms with E-state index in [1.807, 2.05) is 0 Å². The summed E-state index contributed by atoms with van der Waals surface area (Å²) < 4.78 is 0. The predicted octanol–water partition coefficient (Wildman–Crippen LogP) is 8.49. The normalized spacial score (nSPS) is 11.1. The monoisotopic (exact) mass is 364 g/mol. The number of aryl methyl sites for hydroxylation is 2. The zero-order valence-electron chi connectivity index (χ0n) is 16.7. The Morgan fingerprint density at radius 3 is 1.40 bits per heavy atom. The molecule has 0 atom stereocenters. The number of hydrogen-bond acceptors (Lipinski definition) is 0. The second kappa shape index (κ2) is 17.0. The lowest BCUT2D eigenvalue weighted by Crippen LogP contribution is -1.95. The van der Waals surface area contributed by atoms with Crippen LogP contribution in [0.1, 0.15) is 108 Å². The molecule has 0 aromatic heterocycles. The van der Waals surface area contributed by atoms with E-state index < -0.39 is 0 Å². The van der Waals surface area contributed by atoms with Crippen LogP contribution >= 0.6 is 11.6 Å². The fourth-order valence-corrected chi connectivity index (χ4v) is 3.86. The molecular formula is C24H41Cl. The molecule has 25 heavy (non-hydrogen) atoms. The van der Waals surface area contributed by atoms with Gasteiger partial charge < -0.3 is 0 Å². The van der Waals surface area contributed by atoms with E-state index in [0.29, 0.717) is 0 Å². The minimum absolute atomic E-state index is 0.732. The van der Waals surface area contributed by atoms with Gasteiger partial charge in [-0.15, -0.1) is 11.6 Å². The van der Waals surface area contributed by atoms with Gasteiger partial charge in [0.15, 0.2) is 0 Å². The fraction of sp³-hybridized carbons (Fsp3) is 0.750. The van der Waals surface area contributed by atoms with Gasteiger partial charge in [0.2, 0.25) is 0 Å². The minimum atomic E-state index is 0.732. The van der Waals surface area contributed by atoms with Crippen LogP contribution in [0.15, 0.2) is 24.3 Å². The standard InChI is InChI=1S/C24H41Cl/c1-2-3-4-5-6-7-8-9-10-11-12-13-14-15-18-23-19-16-17-20-24(23)21-22-25/h16-17,19-20H,2-15,18,21-22H2,1H3. The van der Waals surface area contributed by atoms with Crippen molar-refractivity contribution >= 4 is 11.6 Å². The van der Waals surface area contributed by atoms with E-state index in [0.717, 1.165) is 12.3 Å². The summed E-state index contributed by atoms with van der Waals surface area (Å²) >= 11 is 5.90. The maximum atomic E-state index is 5.90. The second-order valence-corrected chi connectivity index (χ2v) is 7.93. The Bertz CT molecular complexity index is 399.